The van der Waals surface area contributed by atoms with Gasteiger partial charge in [-0.05, 0) is 19.3 Å². The Balaban J connectivity index is 3.14. The SMILES string of the molecule is CCCCCCCCCCCC(=O)OCCCCCCCCCCCCCCCC(=O)O. The minimum Gasteiger partial charge on any atom is -0.481 e. The molecule has 0 rings (SSSR count). The zero-order valence-corrected chi connectivity index (χ0v) is 21.3. The van der Waals surface area contributed by atoms with E-state index in [0.29, 0.717) is 19.4 Å². The maximum absolute atomic E-state index is 11.8. The molecule has 0 aromatic heterocycles. The predicted molar refractivity (Wildman–Crippen MR) is 135 cm³/mol. The Morgan fingerprint density at radius 3 is 1.25 bits per heavy atom. The summed E-state index contributed by atoms with van der Waals surface area (Å²) in [6.45, 7) is 2.85. The van der Waals surface area contributed by atoms with E-state index < -0.39 is 5.97 Å². The van der Waals surface area contributed by atoms with E-state index >= 15 is 0 Å². The largest absolute Gasteiger partial charge is 0.481 e. The second-order valence-corrected chi connectivity index (χ2v) is 9.54. The fourth-order valence-corrected chi connectivity index (χ4v) is 4.16. The monoisotopic (exact) mass is 454 g/mol. The highest BCUT2D eigenvalue weighted by Gasteiger charge is 2.02. The normalized spacial score (nSPS) is 11.0. The number of carboxylic acid groups (broad SMARTS) is 1. The summed E-state index contributed by atoms with van der Waals surface area (Å²) in [7, 11) is 0. The van der Waals surface area contributed by atoms with Crippen LogP contribution >= 0.6 is 0 Å². The Kier molecular flexibility index (Phi) is 25.3. The number of carbonyl (C=O) groups excluding carboxylic acids is 1. The van der Waals surface area contributed by atoms with Crippen molar-refractivity contribution in [2.45, 2.75) is 161 Å². The number of unbranched alkanes of at least 4 members (excludes halogenated alkanes) is 20. The van der Waals surface area contributed by atoms with Gasteiger partial charge in [-0.1, -0.05) is 129 Å². The first kappa shape index (κ1) is 30.9. The highest BCUT2D eigenvalue weighted by molar-refractivity contribution is 5.69. The van der Waals surface area contributed by atoms with Crippen molar-refractivity contribution in [1.82, 2.24) is 0 Å². The van der Waals surface area contributed by atoms with E-state index in [4.69, 9.17) is 9.84 Å². The van der Waals surface area contributed by atoms with E-state index in [1.807, 2.05) is 0 Å². The van der Waals surface area contributed by atoms with Crippen LogP contribution in [0.1, 0.15) is 161 Å². The van der Waals surface area contributed by atoms with E-state index in [9.17, 15) is 9.59 Å². The molecule has 4 nitrogen and oxygen atoms in total. The molecule has 0 aliphatic carbocycles. The standard InChI is InChI=1S/C28H54O4/c1-2-3-4-5-6-12-16-19-22-25-28(31)32-26-23-20-17-14-11-9-7-8-10-13-15-18-21-24-27(29)30/h2-26H2,1H3,(H,29,30). The van der Waals surface area contributed by atoms with Crippen LogP contribution in [0.5, 0.6) is 0 Å². The number of esters is 1. The Morgan fingerprint density at radius 1 is 0.500 bits per heavy atom. The molecule has 4 heteroatoms. The quantitative estimate of drug-likeness (QED) is 0.105. The van der Waals surface area contributed by atoms with Crippen LogP contribution in [0.3, 0.4) is 0 Å². The predicted octanol–water partition coefficient (Wildman–Crippen LogP) is 9.00. The molecule has 0 heterocycles. The maximum atomic E-state index is 11.8. The second-order valence-electron chi connectivity index (χ2n) is 9.54. The molecule has 0 radical (unpaired) electrons. The van der Waals surface area contributed by atoms with Crippen molar-refractivity contribution in [2.24, 2.45) is 0 Å². The molecule has 0 aromatic carbocycles. The van der Waals surface area contributed by atoms with Crippen molar-refractivity contribution in [3.05, 3.63) is 0 Å². The number of rotatable bonds is 26. The summed E-state index contributed by atoms with van der Waals surface area (Å²) in [5.74, 6) is -0.676. The first-order valence-electron chi connectivity index (χ1n) is 14.0. The van der Waals surface area contributed by atoms with Crippen molar-refractivity contribution in [3.63, 3.8) is 0 Å². The fourth-order valence-electron chi connectivity index (χ4n) is 4.16. The van der Waals surface area contributed by atoms with Crippen LogP contribution in [0.4, 0.5) is 0 Å². The fraction of sp³-hybridized carbons (Fsp3) is 0.929. The zero-order chi connectivity index (χ0) is 23.5. The molecular formula is C28H54O4. The third-order valence-electron chi connectivity index (χ3n) is 6.28. The van der Waals surface area contributed by atoms with Gasteiger partial charge < -0.3 is 9.84 Å². The summed E-state index contributed by atoms with van der Waals surface area (Å²) in [5, 5.41) is 8.59. The third kappa shape index (κ3) is 27.0. The Morgan fingerprint density at radius 2 is 0.844 bits per heavy atom. The second kappa shape index (κ2) is 26.2. The molecule has 0 saturated heterocycles. The van der Waals surface area contributed by atoms with Crippen molar-refractivity contribution in [1.29, 1.82) is 0 Å². The number of ether oxygens (including phenoxy) is 1. The van der Waals surface area contributed by atoms with Crippen molar-refractivity contribution in [2.75, 3.05) is 6.61 Å². The van der Waals surface area contributed by atoms with Crippen molar-refractivity contribution >= 4 is 11.9 Å². The van der Waals surface area contributed by atoms with Crippen molar-refractivity contribution < 1.29 is 19.4 Å². The average molecular weight is 455 g/mol. The van der Waals surface area contributed by atoms with Crippen LogP contribution in [0, 0.1) is 0 Å². The molecule has 0 aromatic rings. The van der Waals surface area contributed by atoms with Crippen LogP contribution < -0.4 is 0 Å². The molecule has 1 N–H and O–H groups in total. The summed E-state index contributed by atoms with van der Waals surface area (Å²) in [5.41, 5.74) is 0. The lowest BCUT2D eigenvalue weighted by atomic mass is 10.0. The van der Waals surface area contributed by atoms with Crippen LogP contribution in [0.25, 0.3) is 0 Å². The number of hydrogen-bond acceptors (Lipinski definition) is 3. The van der Waals surface area contributed by atoms with E-state index in [0.717, 1.165) is 32.1 Å². The molecule has 0 aliphatic rings. The van der Waals surface area contributed by atoms with E-state index in [1.165, 1.54) is 109 Å². The smallest absolute Gasteiger partial charge is 0.305 e. The summed E-state index contributed by atoms with van der Waals surface area (Å²) in [6, 6.07) is 0. The Bertz CT molecular complexity index is 408. The first-order chi connectivity index (χ1) is 15.7. The van der Waals surface area contributed by atoms with E-state index in [2.05, 4.69) is 6.92 Å². The molecule has 0 unspecified atom stereocenters. The number of carbonyl (C=O) groups is 2. The molecule has 32 heavy (non-hydrogen) atoms. The van der Waals surface area contributed by atoms with Gasteiger partial charge in [0.05, 0.1) is 6.61 Å². The van der Waals surface area contributed by atoms with E-state index in [-0.39, 0.29) is 5.97 Å². The molecule has 0 spiro atoms. The van der Waals surface area contributed by atoms with Crippen LogP contribution in [-0.2, 0) is 14.3 Å². The molecule has 190 valence electrons. The third-order valence-corrected chi connectivity index (χ3v) is 6.28. The van der Waals surface area contributed by atoms with Gasteiger partial charge in [0, 0.05) is 12.8 Å². The van der Waals surface area contributed by atoms with Gasteiger partial charge >= 0.3 is 11.9 Å². The highest BCUT2D eigenvalue weighted by atomic mass is 16.5. The number of carboxylic acids is 1. The lowest BCUT2D eigenvalue weighted by molar-refractivity contribution is -0.144. The lowest BCUT2D eigenvalue weighted by Gasteiger charge is -2.06. The minimum atomic E-state index is -0.671. The van der Waals surface area contributed by atoms with Gasteiger partial charge in [0.25, 0.3) is 0 Å². The first-order valence-corrected chi connectivity index (χ1v) is 14.0. The molecule has 0 saturated carbocycles. The Labute approximate surface area is 199 Å². The summed E-state index contributed by atoms with van der Waals surface area (Å²) in [4.78, 5) is 22.2. The molecule has 0 fully saturated rings. The van der Waals surface area contributed by atoms with Gasteiger partial charge in [-0.15, -0.1) is 0 Å². The van der Waals surface area contributed by atoms with Gasteiger partial charge in [-0.25, -0.2) is 0 Å². The molecule has 0 atom stereocenters. The van der Waals surface area contributed by atoms with Crippen molar-refractivity contribution in [3.8, 4) is 0 Å². The van der Waals surface area contributed by atoms with Gasteiger partial charge in [0.1, 0.15) is 0 Å². The zero-order valence-electron chi connectivity index (χ0n) is 21.3. The number of aliphatic carboxylic acids is 1. The Hall–Kier alpha value is -1.06. The average Bonchev–Trinajstić information content (AvgIpc) is 2.77. The van der Waals surface area contributed by atoms with Gasteiger partial charge in [0.15, 0.2) is 0 Å². The van der Waals surface area contributed by atoms with Crippen LogP contribution in [0.2, 0.25) is 0 Å². The van der Waals surface area contributed by atoms with Gasteiger partial charge in [-0.2, -0.15) is 0 Å². The van der Waals surface area contributed by atoms with Gasteiger partial charge in [-0.3, -0.25) is 9.59 Å². The molecule has 0 aliphatic heterocycles. The summed E-state index contributed by atoms with van der Waals surface area (Å²) < 4.78 is 5.36. The number of hydrogen-bond donors (Lipinski definition) is 1. The molecular weight excluding hydrogens is 400 g/mol. The summed E-state index contributed by atoms with van der Waals surface area (Å²) in [6.07, 6.45) is 28.0. The molecule has 0 amide bonds. The van der Waals surface area contributed by atoms with Gasteiger partial charge in [0.2, 0.25) is 0 Å². The van der Waals surface area contributed by atoms with Crippen LogP contribution in [0.15, 0.2) is 0 Å². The van der Waals surface area contributed by atoms with E-state index in [1.54, 1.807) is 0 Å². The van der Waals surface area contributed by atoms with Crippen LogP contribution in [-0.4, -0.2) is 23.7 Å². The summed E-state index contributed by atoms with van der Waals surface area (Å²) >= 11 is 0. The topological polar surface area (TPSA) is 63.6 Å². The highest BCUT2D eigenvalue weighted by Crippen LogP contribution is 2.14. The lowest BCUT2D eigenvalue weighted by Crippen LogP contribution is -2.05. The maximum Gasteiger partial charge on any atom is 0.305 e. The molecule has 0 bridgehead atoms. The minimum absolute atomic E-state index is 0.00479.